The maximum atomic E-state index is 10.5. The molecule has 4 nitrogen and oxygen atoms in total. The second-order valence-corrected chi connectivity index (χ2v) is 3.04. The van der Waals surface area contributed by atoms with Gasteiger partial charge in [0.25, 0.3) is 0 Å². The number of hydrogen-bond acceptors (Lipinski definition) is 3. The van der Waals surface area contributed by atoms with Gasteiger partial charge in [0.05, 0.1) is 6.42 Å². The van der Waals surface area contributed by atoms with Crippen molar-refractivity contribution < 1.29 is 9.90 Å². The molecule has 90 valence electrons. The highest BCUT2D eigenvalue weighted by Gasteiger charge is 2.14. The highest BCUT2D eigenvalue weighted by Crippen LogP contribution is 2.11. The van der Waals surface area contributed by atoms with Crippen LogP contribution in [0.3, 0.4) is 0 Å². The number of likely N-dealkylation sites (N-methyl/N-ethyl adjacent to an activating group) is 1. The van der Waals surface area contributed by atoms with Gasteiger partial charge in [0.1, 0.15) is 0 Å². The lowest BCUT2D eigenvalue weighted by Gasteiger charge is -2.16. The zero-order chi connectivity index (χ0) is 12.3. The van der Waals surface area contributed by atoms with Gasteiger partial charge in [-0.05, 0) is 14.1 Å². The van der Waals surface area contributed by atoms with Crippen LogP contribution in [-0.2, 0) is 4.79 Å². The molecule has 1 atom stereocenters. The van der Waals surface area contributed by atoms with Crippen molar-refractivity contribution in [2.45, 2.75) is 6.42 Å². The average molecular weight is 440 g/mol. The number of hydrogen-bond donors (Lipinski definition) is 3. The maximum absolute atomic E-state index is 10.5. The third-order valence-electron chi connectivity index (χ3n) is 1.85. The Hall–Kier alpha value is 0.590. The molecule has 0 radical (unpaired) electrons. The van der Waals surface area contributed by atoms with E-state index in [1.54, 1.807) is 0 Å². The molecule has 15 heavy (non-hydrogen) atoms. The van der Waals surface area contributed by atoms with Crippen LogP contribution in [0.2, 0.25) is 0 Å². The summed E-state index contributed by atoms with van der Waals surface area (Å²) in [5.41, 5.74) is 0.930. The number of carboxylic acid groups (broad SMARTS) is 1. The molecule has 0 saturated carbocycles. The van der Waals surface area contributed by atoms with E-state index in [9.17, 15) is 4.79 Å². The summed E-state index contributed by atoms with van der Waals surface area (Å²) >= 11 is 4.24. The normalized spacial score (nSPS) is 11.2. The highest BCUT2D eigenvalue weighted by molar-refractivity contribution is 15.0. The van der Waals surface area contributed by atoms with Crippen molar-refractivity contribution in [3.8, 4) is 0 Å². The second kappa shape index (κ2) is 12.7. The van der Waals surface area contributed by atoms with Gasteiger partial charge < -0.3 is 15.7 Å². The topological polar surface area (TPSA) is 61.4 Å². The minimum absolute atomic E-state index is 0.00921. The zero-order valence-electron chi connectivity index (χ0n) is 9.02. The summed E-state index contributed by atoms with van der Waals surface area (Å²) in [6.45, 7) is 5.18. The van der Waals surface area contributed by atoms with Crippen LogP contribution in [0.1, 0.15) is 6.42 Å². The van der Waals surface area contributed by atoms with Crippen molar-refractivity contribution in [3.05, 3.63) is 12.2 Å². The molecule has 1 unspecified atom stereocenters. The molecule has 0 aliphatic carbocycles. The van der Waals surface area contributed by atoms with Crippen molar-refractivity contribution in [1.82, 2.24) is 10.6 Å². The molecule has 0 aromatic rings. The average Bonchev–Trinajstić information content (AvgIpc) is 2.20. The third-order valence-corrected chi connectivity index (χ3v) is 1.85. The van der Waals surface area contributed by atoms with E-state index in [2.05, 4.69) is 54.4 Å². The van der Waals surface area contributed by atoms with Crippen LogP contribution in [0, 0.1) is 5.92 Å². The fourth-order valence-corrected chi connectivity index (χ4v) is 1.19. The van der Waals surface area contributed by atoms with Crippen molar-refractivity contribution >= 4 is 43.2 Å². The monoisotopic (exact) mass is 440 g/mol. The number of aliphatic carboxylic acids is 1. The van der Waals surface area contributed by atoms with Gasteiger partial charge in [0, 0.05) is 56.2 Å². The van der Waals surface area contributed by atoms with Crippen molar-refractivity contribution in [2.75, 3.05) is 27.2 Å². The van der Waals surface area contributed by atoms with Gasteiger partial charge in [0.2, 0.25) is 0 Å². The minimum atomic E-state index is -0.780. The zero-order valence-corrected chi connectivity index (χ0v) is 13.3. The summed E-state index contributed by atoms with van der Waals surface area (Å²) < 4.78 is 0. The van der Waals surface area contributed by atoms with E-state index in [1.807, 2.05) is 14.1 Å². The molecule has 0 bridgehead atoms. The Labute approximate surface area is 115 Å². The Balaban J connectivity index is 0. The Bertz CT molecular complexity index is 189. The van der Waals surface area contributed by atoms with E-state index in [-0.39, 0.29) is 12.3 Å². The number of carbonyl (C=O) groups is 1. The summed E-state index contributed by atoms with van der Waals surface area (Å²) in [5, 5.41) is 14.6. The number of carboxylic acids is 1. The van der Waals surface area contributed by atoms with Crippen molar-refractivity contribution in [2.24, 2.45) is 5.92 Å². The lowest BCUT2D eigenvalue weighted by atomic mass is 9.97. The molecule has 0 heterocycles. The second-order valence-electron chi connectivity index (χ2n) is 3.04. The lowest BCUT2D eigenvalue weighted by Crippen LogP contribution is -2.26. The predicted octanol–water partition coefficient (Wildman–Crippen LogP) is 1.84. The number of nitrogens with one attached hydrogen (secondary N) is 2. The van der Waals surface area contributed by atoms with Gasteiger partial charge in [-0.15, -0.1) is 0 Å². The number of rotatable bonds is 7. The Kier molecular flexibility index (Phi) is 15.2. The Morgan fingerprint density at radius 1 is 1.40 bits per heavy atom. The summed E-state index contributed by atoms with van der Waals surface area (Å²) in [4.78, 5) is 10.5. The van der Waals surface area contributed by atoms with Crippen LogP contribution in [0.15, 0.2) is 12.2 Å². The summed E-state index contributed by atoms with van der Waals surface area (Å²) in [6, 6.07) is 0. The molecule has 3 N–H and O–H groups in total. The van der Waals surface area contributed by atoms with Crippen molar-refractivity contribution in [3.63, 3.8) is 0 Å². The molecular formula is C9H18I2N2O2. The largest absolute Gasteiger partial charge is 0.481 e. The fourth-order valence-electron chi connectivity index (χ4n) is 1.19. The number of halogens is 2. The Morgan fingerprint density at radius 3 is 2.27 bits per heavy atom. The van der Waals surface area contributed by atoms with E-state index >= 15 is 0 Å². The standard InChI is InChI=1S/C9H18N2O2.I2/c1-7(5-10-2)8(6-11-3)4-9(12)13;1-2/h8,10-11H,1,4-6H2,2-3H3,(H,12,13);. The molecule has 0 aromatic carbocycles. The molecule has 0 fully saturated rings. The minimum Gasteiger partial charge on any atom is -0.481 e. The first-order chi connectivity index (χ1) is 7.11. The van der Waals surface area contributed by atoms with Gasteiger partial charge in [-0.2, -0.15) is 0 Å². The van der Waals surface area contributed by atoms with Gasteiger partial charge in [-0.3, -0.25) is 4.79 Å². The summed E-state index contributed by atoms with van der Waals surface area (Å²) in [6.07, 6.45) is 0.140. The molecule has 0 aromatic heterocycles. The van der Waals surface area contributed by atoms with Crippen LogP contribution in [-0.4, -0.2) is 38.3 Å². The first-order valence-electron chi connectivity index (χ1n) is 4.44. The van der Waals surface area contributed by atoms with E-state index < -0.39 is 5.97 Å². The predicted molar refractivity (Wildman–Crippen MR) is 80.8 cm³/mol. The van der Waals surface area contributed by atoms with E-state index in [0.717, 1.165) is 5.57 Å². The first-order valence-corrected chi connectivity index (χ1v) is 10.7. The van der Waals surface area contributed by atoms with E-state index in [0.29, 0.717) is 13.1 Å². The molecule has 0 aliphatic heterocycles. The molecule has 0 aliphatic rings. The van der Waals surface area contributed by atoms with Crippen LogP contribution in [0.5, 0.6) is 0 Å². The molecule has 0 rings (SSSR count). The van der Waals surface area contributed by atoms with E-state index in [4.69, 9.17) is 5.11 Å². The molecule has 0 spiro atoms. The fraction of sp³-hybridized carbons (Fsp3) is 0.667. The summed E-state index contributed by atoms with van der Waals surface area (Å²) in [5.74, 6) is -0.771. The van der Waals surface area contributed by atoms with Gasteiger partial charge in [-0.1, -0.05) is 12.2 Å². The highest BCUT2D eigenvalue weighted by atomic mass is 128. The molecular weight excluding hydrogens is 422 g/mol. The quantitative estimate of drug-likeness (QED) is 0.418. The van der Waals surface area contributed by atoms with Crippen LogP contribution in [0.4, 0.5) is 0 Å². The maximum Gasteiger partial charge on any atom is 0.304 e. The first kappa shape index (κ1) is 18.0. The van der Waals surface area contributed by atoms with Crippen LogP contribution >= 0.6 is 37.2 Å². The van der Waals surface area contributed by atoms with Gasteiger partial charge >= 0.3 is 5.97 Å². The summed E-state index contributed by atoms with van der Waals surface area (Å²) in [7, 11) is 3.63. The van der Waals surface area contributed by atoms with Gasteiger partial charge in [-0.25, -0.2) is 0 Å². The molecule has 0 amide bonds. The van der Waals surface area contributed by atoms with Gasteiger partial charge in [0.15, 0.2) is 0 Å². The third kappa shape index (κ3) is 10.9. The lowest BCUT2D eigenvalue weighted by molar-refractivity contribution is -0.137. The molecule has 0 saturated heterocycles. The van der Waals surface area contributed by atoms with E-state index in [1.165, 1.54) is 0 Å². The molecule has 6 heteroatoms. The van der Waals surface area contributed by atoms with Crippen LogP contribution in [0.25, 0.3) is 0 Å². The Morgan fingerprint density at radius 2 is 1.93 bits per heavy atom. The van der Waals surface area contributed by atoms with Crippen LogP contribution < -0.4 is 10.6 Å². The smallest absolute Gasteiger partial charge is 0.304 e. The SMILES string of the molecule is C=C(CNC)C(CNC)CC(=O)O.II. The van der Waals surface area contributed by atoms with Crippen molar-refractivity contribution in [1.29, 1.82) is 0 Å².